The average molecular weight is 390 g/mol. The lowest BCUT2D eigenvalue weighted by Crippen LogP contribution is -3.14. The molecule has 0 bridgehead atoms. The first kappa shape index (κ1) is 18.4. The molecule has 28 heavy (non-hydrogen) atoms. The fourth-order valence-corrected chi connectivity index (χ4v) is 3.46. The number of piperazine rings is 1. The van der Waals surface area contributed by atoms with E-state index in [9.17, 15) is 18.0 Å². The number of rotatable bonds is 3. The summed E-state index contributed by atoms with van der Waals surface area (Å²) >= 11 is 0. The molecule has 0 spiro atoms. The highest BCUT2D eigenvalue weighted by molar-refractivity contribution is 5.76. The fraction of sp³-hybridized carbons (Fsp3) is 0.316. The van der Waals surface area contributed by atoms with Gasteiger partial charge in [0.05, 0.1) is 37.1 Å². The maximum absolute atomic E-state index is 12.9. The van der Waals surface area contributed by atoms with Crippen molar-refractivity contribution < 1.29 is 18.1 Å². The third-order valence-electron chi connectivity index (χ3n) is 5.01. The van der Waals surface area contributed by atoms with E-state index in [2.05, 4.69) is 10.3 Å². The van der Waals surface area contributed by atoms with Crippen LogP contribution in [0.5, 0.6) is 0 Å². The van der Waals surface area contributed by atoms with Gasteiger partial charge in [-0.3, -0.25) is 4.79 Å². The van der Waals surface area contributed by atoms with Crippen molar-refractivity contribution in [1.29, 1.82) is 0 Å². The molecule has 1 fully saturated rings. The van der Waals surface area contributed by atoms with E-state index in [1.54, 1.807) is 30.3 Å². The molecule has 1 N–H and O–H groups in total. The van der Waals surface area contributed by atoms with E-state index in [1.165, 1.54) is 16.8 Å². The van der Waals surface area contributed by atoms with Gasteiger partial charge in [-0.05, 0) is 30.3 Å². The lowest BCUT2D eigenvalue weighted by Gasteiger charge is -2.33. The molecule has 2 aromatic carbocycles. The predicted molar refractivity (Wildman–Crippen MR) is 98.2 cm³/mol. The Labute approximate surface area is 158 Å². The number of alkyl halides is 3. The summed E-state index contributed by atoms with van der Waals surface area (Å²) in [6, 6.07) is 12.5. The Hall–Kier alpha value is -2.94. The molecule has 1 aliphatic heterocycles. The lowest BCUT2D eigenvalue weighted by atomic mass is 10.1. The molecule has 1 aliphatic rings. The van der Waals surface area contributed by atoms with Gasteiger partial charge in [0.2, 0.25) is 0 Å². The molecule has 9 heteroatoms. The highest BCUT2D eigenvalue weighted by atomic mass is 19.4. The molecule has 2 heterocycles. The number of anilines is 1. The van der Waals surface area contributed by atoms with Crippen molar-refractivity contribution in [2.75, 3.05) is 31.1 Å². The van der Waals surface area contributed by atoms with Gasteiger partial charge < -0.3 is 9.80 Å². The topological polar surface area (TPSA) is 55.5 Å². The van der Waals surface area contributed by atoms with Crippen LogP contribution in [-0.4, -0.2) is 41.2 Å². The van der Waals surface area contributed by atoms with Crippen LogP contribution in [0.25, 0.3) is 10.9 Å². The van der Waals surface area contributed by atoms with E-state index in [1.807, 2.05) is 4.90 Å². The van der Waals surface area contributed by atoms with Crippen LogP contribution in [0.15, 0.2) is 53.3 Å². The summed E-state index contributed by atoms with van der Waals surface area (Å²) in [4.78, 5) is 15.6. The summed E-state index contributed by atoms with van der Waals surface area (Å²) in [5, 5.41) is 8.62. The zero-order valence-electron chi connectivity index (χ0n) is 15.0. The van der Waals surface area contributed by atoms with Gasteiger partial charge >= 0.3 is 6.18 Å². The quantitative estimate of drug-likeness (QED) is 0.730. The van der Waals surface area contributed by atoms with Crippen LogP contribution in [0.1, 0.15) is 5.56 Å². The lowest BCUT2D eigenvalue weighted by molar-refractivity contribution is -0.924. The molecule has 0 atom stereocenters. The van der Waals surface area contributed by atoms with Gasteiger partial charge in [-0.25, -0.2) is 0 Å². The number of aromatic nitrogens is 3. The smallest absolute Gasteiger partial charge is 0.360 e. The van der Waals surface area contributed by atoms with Crippen LogP contribution in [0, 0.1) is 0 Å². The molecular weight excluding hydrogens is 371 g/mol. The number of hydrogen-bond donors (Lipinski definition) is 1. The standard InChI is InChI=1S/C19H18F3N5O/c20-19(21,22)14-4-3-5-15(12-14)26-10-8-25(9-11-26)13-27-18(28)16-6-1-2-7-17(16)23-24-27/h1-7,12H,8-11,13H2/p+1. The molecule has 146 valence electrons. The summed E-state index contributed by atoms with van der Waals surface area (Å²) in [5.41, 5.74) is 0.306. The minimum atomic E-state index is -4.35. The van der Waals surface area contributed by atoms with E-state index in [0.29, 0.717) is 49.4 Å². The highest BCUT2D eigenvalue weighted by Crippen LogP contribution is 2.31. The van der Waals surface area contributed by atoms with Crippen LogP contribution >= 0.6 is 0 Å². The summed E-state index contributed by atoms with van der Waals surface area (Å²) < 4.78 is 40.1. The van der Waals surface area contributed by atoms with Gasteiger partial charge in [-0.1, -0.05) is 23.4 Å². The molecule has 0 aliphatic carbocycles. The van der Waals surface area contributed by atoms with Gasteiger partial charge in [0, 0.05) is 5.69 Å². The number of fused-ring (bicyclic) bond motifs is 1. The number of nitrogens with one attached hydrogen (secondary N) is 1. The summed E-state index contributed by atoms with van der Waals surface area (Å²) in [6.45, 7) is 2.97. The normalized spacial score (nSPS) is 15.9. The Morgan fingerprint density at radius 1 is 1.04 bits per heavy atom. The van der Waals surface area contributed by atoms with Crippen molar-refractivity contribution in [3.8, 4) is 0 Å². The number of hydrogen-bond acceptors (Lipinski definition) is 4. The molecular formula is C19H19F3N5O+. The van der Waals surface area contributed by atoms with Crippen LogP contribution in [0.2, 0.25) is 0 Å². The van der Waals surface area contributed by atoms with Crippen molar-refractivity contribution in [3.63, 3.8) is 0 Å². The van der Waals surface area contributed by atoms with Crippen LogP contribution in [0.4, 0.5) is 18.9 Å². The second kappa shape index (κ2) is 7.23. The largest absolute Gasteiger partial charge is 0.416 e. The molecule has 0 radical (unpaired) electrons. The Morgan fingerprint density at radius 2 is 1.79 bits per heavy atom. The van der Waals surface area contributed by atoms with Crippen molar-refractivity contribution in [2.45, 2.75) is 12.8 Å². The van der Waals surface area contributed by atoms with E-state index >= 15 is 0 Å². The van der Waals surface area contributed by atoms with Crippen molar-refractivity contribution in [2.24, 2.45) is 0 Å². The first-order valence-electron chi connectivity index (χ1n) is 9.00. The number of quaternary nitrogens is 1. The van der Waals surface area contributed by atoms with Gasteiger partial charge in [0.1, 0.15) is 5.52 Å². The van der Waals surface area contributed by atoms with Crippen molar-refractivity contribution in [1.82, 2.24) is 15.0 Å². The second-order valence-corrected chi connectivity index (χ2v) is 6.85. The molecule has 4 rings (SSSR count). The summed E-state index contributed by atoms with van der Waals surface area (Å²) in [6.07, 6.45) is -4.35. The number of nitrogens with zero attached hydrogens (tertiary/aromatic N) is 4. The van der Waals surface area contributed by atoms with Gasteiger partial charge in [0.25, 0.3) is 5.56 Å². The number of halogens is 3. The van der Waals surface area contributed by atoms with Gasteiger partial charge in [-0.15, -0.1) is 5.10 Å². The van der Waals surface area contributed by atoms with Gasteiger partial charge in [-0.2, -0.15) is 17.9 Å². The Kier molecular flexibility index (Phi) is 4.76. The van der Waals surface area contributed by atoms with Crippen LogP contribution < -0.4 is 15.4 Å². The summed E-state index contributed by atoms with van der Waals surface area (Å²) in [5.74, 6) is 0. The molecule has 0 unspecified atom stereocenters. The Balaban J connectivity index is 1.44. The maximum Gasteiger partial charge on any atom is 0.416 e. The first-order chi connectivity index (χ1) is 13.4. The van der Waals surface area contributed by atoms with E-state index in [4.69, 9.17) is 0 Å². The second-order valence-electron chi connectivity index (χ2n) is 6.85. The molecule has 3 aromatic rings. The minimum Gasteiger partial charge on any atom is -0.360 e. The zero-order chi connectivity index (χ0) is 19.7. The SMILES string of the molecule is O=c1c2ccccc2nnn1C[NH+]1CCN(c2cccc(C(F)(F)F)c2)CC1. The van der Waals surface area contributed by atoms with Gasteiger partial charge in [0.15, 0.2) is 6.67 Å². The van der Waals surface area contributed by atoms with Crippen molar-refractivity contribution >= 4 is 16.6 Å². The van der Waals surface area contributed by atoms with Crippen LogP contribution in [-0.2, 0) is 12.8 Å². The highest BCUT2D eigenvalue weighted by Gasteiger charge is 2.31. The third kappa shape index (κ3) is 3.70. The summed E-state index contributed by atoms with van der Waals surface area (Å²) in [7, 11) is 0. The Morgan fingerprint density at radius 3 is 2.54 bits per heavy atom. The van der Waals surface area contributed by atoms with E-state index in [-0.39, 0.29) is 5.56 Å². The maximum atomic E-state index is 12.9. The average Bonchev–Trinajstić information content (AvgIpc) is 2.70. The fourth-order valence-electron chi connectivity index (χ4n) is 3.46. The minimum absolute atomic E-state index is 0.182. The molecule has 1 saturated heterocycles. The first-order valence-corrected chi connectivity index (χ1v) is 9.00. The van der Waals surface area contributed by atoms with Crippen molar-refractivity contribution in [3.05, 3.63) is 64.4 Å². The molecule has 1 aromatic heterocycles. The number of benzene rings is 2. The molecule has 0 amide bonds. The third-order valence-corrected chi connectivity index (χ3v) is 5.01. The Bertz CT molecular complexity index is 1040. The molecule has 0 saturated carbocycles. The molecule has 6 nitrogen and oxygen atoms in total. The van der Waals surface area contributed by atoms with E-state index in [0.717, 1.165) is 11.0 Å². The van der Waals surface area contributed by atoms with E-state index < -0.39 is 11.7 Å². The van der Waals surface area contributed by atoms with Crippen LogP contribution in [0.3, 0.4) is 0 Å². The zero-order valence-corrected chi connectivity index (χ0v) is 15.0. The monoisotopic (exact) mass is 390 g/mol. The predicted octanol–water partition coefficient (Wildman–Crippen LogP) is 1.17.